The standard InChI is InChI=1S/C17H17N/c1-4-15-6-5-7-17(11-15)18-12-16-9-13(2)8-14(3)10-16/h1,5-11,18H,12H2,2-3H3. The first-order chi connectivity index (χ1) is 8.67. The van der Waals surface area contributed by atoms with Crippen LogP contribution in [0.4, 0.5) is 5.69 Å². The van der Waals surface area contributed by atoms with Crippen LogP contribution in [0.3, 0.4) is 0 Å². The third kappa shape index (κ3) is 3.15. The fraction of sp³-hybridized carbons (Fsp3) is 0.176. The molecule has 2 aromatic rings. The summed E-state index contributed by atoms with van der Waals surface area (Å²) in [6.07, 6.45) is 5.39. The molecule has 0 radical (unpaired) electrons. The lowest BCUT2D eigenvalue weighted by Gasteiger charge is -2.08. The summed E-state index contributed by atoms with van der Waals surface area (Å²) < 4.78 is 0. The van der Waals surface area contributed by atoms with E-state index < -0.39 is 0 Å². The Balaban J connectivity index is 2.09. The Kier molecular flexibility index (Phi) is 3.69. The lowest BCUT2D eigenvalue weighted by atomic mass is 10.1. The van der Waals surface area contributed by atoms with Crippen LogP contribution in [0.2, 0.25) is 0 Å². The van der Waals surface area contributed by atoms with Gasteiger partial charge in [0.15, 0.2) is 0 Å². The van der Waals surface area contributed by atoms with Gasteiger partial charge < -0.3 is 5.32 Å². The highest BCUT2D eigenvalue weighted by molar-refractivity contribution is 5.50. The van der Waals surface area contributed by atoms with Crippen molar-refractivity contribution >= 4 is 5.69 Å². The fourth-order valence-corrected chi connectivity index (χ4v) is 2.09. The average Bonchev–Trinajstić information content (AvgIpc) is 2.35. The summed E-state index contributed by atoms with van der Waals surface area (Å²) in [6, 6.07) is 14.5. The van der Waals surface area contributed by atoms with Gasteiger partial charge in [0, 0.05) is 17.8 Å². The molecule has 90 valence electrons. The van der Waals surface area contributed by atoms with Crippen molar-refractivity contribution in [1.82, 2.24) is 0 Å². The van der Waals surface area contributed by atoms with Gasteiger partial charge in [0.2, 0.25) is 0 Å². The largest absolute Gasteiger partial charge is 0.381 e. The monoisotopic (exact) mass is 235 g/mol. The molecular weight excluding hydrogens is 218 g/mol. The van der Waals surface area contributed by atoms with Crippen molar-refractivity contribution in [1.29, 1.82) is 0 Å². The molecule has 18 heavy (non-hydrogen) atoms. The molecule has 0 atom stereocenters. The van der Waals surface area contributed by atoms with Crippen molar-refractivity contribution in [2.75, 3.05) is 5.32 Å². The molecule has 2 aromatic carbocycles. The number of rotatable bonds is 3. The molecule has 0 unspecified atom stereocenters. The van der Waals surface area contributed by atoms with Crippen LogP contribution < -0.4 is 5.32 Å². The van der Waals surface area contributed by atoms with E-state index in [1.165, 1.54) is 16.7 Å². The van der Waals surface area contributed by atoms with Crippen molar-refractivity contribution in [3.05, 3.63) is 64.7 Å². The van der Waals surface area contributed by atoms with E-state index in [2.05, 4.69) is 43.3 Å². The van der Waals surface area contributed by atoms with Crippen LogP contribution in [0.25, 0.3) is 0 Å². The minimum Gasteiger partial charge on any atom is -0.381 e. The summed E-state index contributed by atoms with van der Waals surface area (Å²) in [5, 5.41) is 3.39. The van der Waals surface area contributed by atoms with Crippen molar-refractivity contribution < 1.29 is 0 Å². The van der Waals surface area contributed by atoms with Crippen LogP contribution in [0.5, 0.6) is 0 Å². The van der Waals surface area contributed by atoms with E-state index >= 15 is 0 Å². The van der Waals surface area contributed by atoms with Crippen LogP contribution in [-0.2, 0) is 6.54 Å². The van der Waals surface area contributed by atoms with Crippen molar-refractivity contribution in [3.8, 4) is 12.3 Å². The molecule has 0 heterocycles. The van der Waals surface area contributed by atoms with Gasteiger partial charge in [-0.15, -0.1) is 6.42 Å². The fourth-order valence-electron chi connectivity index (χ4n) is 2.09. The molecule has 0 aromatic heterocycles. The molecule has 0 aliphatic heterocycles. The van der Waals surface area contributed by atoms with E-state index in [9.17, 15) is 0 Å². The first kappa shape index (κ1) is 12.3. The predicted molar refractivity (Wildman–Crippen MR) is 77.6 cm³/mol. The Hall–Kier alpha value is -2.20. The third-order valence-corrected chi connectivity index (χ3v) is 2.81. The molecule has 0 saturated carbocycles. The minimum atomic E-state index is 0.816. The summed E-state index contributed by atoms with van der Waals surface area (Å²) in [7, 11) is 0. The molecule has 0 bridgehead atoms. The molecule has 1 nitrogen and oxygen atoms in total. The van der Waals surface area contributed by atoms with Crippen LogP contribution in [0.15, 0.2) is 42.5 Å². The van der Waals surface area contributed by atoms with Crippen LogP contribution in [-0.4, -0.2) is 0 Å². The lowest BCUT2D eigenvalue weighted by Crippen LogP contribution is -2.00. The topological polar surface area (TPSA) is 12.0 Å². The smallest absolute Gasteiger partial charge is 0.0400 e. The van der Waals surface area contributed by atoms with Crippen molar-refractivity contribution in [2.24, 2.45) is 0 Å². The molecule has 0 aliphatic carbocycles. The number of nitrogens with one attached hydrogen (secondary N) is 1. The molecule has 0 spiro atoms. The third-order valence-electron chi connectivity index (χ3n) is 2.81. The lowest BCUT2D eigenvalue weighted by molar-refractivity contribution is 1.13. The number of hydrogen-bond donors (Lipinski definition) is 1. The highest BCUT2D eigenvalue weighted by Crippen LogP contribution is 2.13. The highest BCUT2D eigenvalue weighted by Gasteiger charge is 1.97. The predicted octanol–water partition coefficient (Wildman–Crippen LogP) is 3.90. The Morgan fingerprint density at radius 1 is 1.06 bits per heavy atom. The van der Waals surface area contributed by atoms with Gasteiger partial charge in [-0.1, -0.05) is 41.3 Å². The molecule has 1 N–H and O–H groups in total. The summed E-state index contributed by atoms with van der Waals surface area (Å²) in [6.45, 7) is 5.06. The first-order valence-electron chi connectivity index (χ1n) is 6.05. The van der Waals surface area contributed by atoms with E-state index in [1.807, 2.05) is 24.3 Å². The Labute approximate surface area is 109 Å². The average molecular weight is 235 g/mol. The summed E-state index contributed by atoms with van der Waals surface area (Å²) in [4.78, 5) is 0. The molecule has 1 heteroatoms. The van der Waals surface area contributed by atoms with Gasteiger partial charge in [-0.3, -0.25) is 0 Å². The number of benzene rings is 2. The maximum absolute atomic E-state index is 5.39. The highest BCUT2D eigenvalue weighted by atomic mass is 14.9. The van der Waals surface area contributed by atoms with Gasteiger partial charge in [0.25, 0.3) is 0 Å². The van der Waals surface area contributed by atoms with E-state index in [4.69, 9.17) is 6.42 Å². The van der Waals surface area contributed by atoms with Gasteiger partial charge in [0.1, 0.15) is 0 Å². The summed E-state index contributed by atoms with van der Waals surface area (Å²) >= 11 is 0. The van der Waals surface area contributed by atoms with Crippen LogP contribution >= 0.6 is 0 Å². The minimum absolute atomic E-state index is 0.816. The maximum Gasteiger partial charge on any atom is 0.0400 e. The molecular formula is C17H17N. The number of terminal acetylenes is 1. The second-order valence-corrected chi connectivity index (χ2v) is 4.57. The Morgan fingerprint density at radius 3 is 2.44 bits per heavy atom. The van der Waals surface area contributed by atoms with Crippen LogP contribution in [0, 0.1) is 26.2 Å². The number of aryl methyl sites for hydroxylation is 2. The molecule has 2 rings (SSSR count). The molecule has 0 fully saturated rings. The van der Waals surface area contributed by atoms with Gasteiger partial charge in [0.05, 0.1) is 0 Å². The summed E-state index contributed by atoms with van der Waals surface area (Å²) in [5.41, 5.74) is 5.84. The number of hydrogen-bond acceptors (Lipinski definition) is 1. The summed E-state index contributed by atoms with van der Waals surface area (Å²) in [5.74, 6) is 2.64. The zero-order valence-corrected chi connectivity index (χ0v) is 10.8. The normalized spacial score (nSPS) is 9.83. The van der Waals surface area contributed by atoms with Crippen molar-refractivity contribution in [2.45, 2.75) is 20.4 Å². The van der Waals surface area contributed by atoms with E-state index in [0.717, 1.165) is 17.8 Å². The first-order valence-corrected chi connectivity index (χ1v) is 6.05. The zero-order valence-electron chi connectivity index (χ0n) is 10.8. The van der Waals surface area contributed by atoms with Gasteiger partial charge in [-0.2, -0.15) is 0 Å². The van der Waals surface area contributed by atoms with E-state index in [-0.39, 0.29) is 0 Å². The Morgan fingerprint density at radius 2 is 1.78 bits per heavy atom. The molecule has 0 aliphatic rings. The van der Waals surface area contributed by atoms with E-state index in [1.54, 1.807) is 0 Å². The molecule has 0 saturated heterocycles. The number of anilines is 1. The SMILES string of the molecule is C#Cc1cccc(NCc2cc(C)cc(C)c2)c1. The van der Waals surface area contributed by atoms with Crippen LogP contribution in [0.1, 0.15) is 22.3 Å². The van der Waals surface area contributed by atoms with Gasteiger partial charge in [-0.05, 0) is 37.6 Å². The van der Waals surface area contributed by atoms with Gasteiger partial charge in [-0.25, -0.2) is 0 Å². The second-order valence-electron chi connectivity index (χ2n) is 4.57. The van der Waals surface area contributed by atoms with Gasteiger partial charge >= 0.3 is 0 Å². The molecule has 0 amide bonds. The maximum atomic E-state index is 5.39. The van der Waals surface area contributed by atoms with E-state index in [0.29, 0.717) is 0 Å². The second kappa shape index (κ2) is 5.42. The Bertz CT molecular complexity index is 571. The zero-order chi connectivity index (χ0) is 13.0. The van der Waals surface area contributed by atoms with Crippen molar-refractivity contribution in [3.63, 3.8) is 0 Å². The quantitative estimate of drug-likeness (QED) is 0.796.